The van der Waals surface area contributed by atoms with E-state index in [1.54, 1.807) is 23.9 Å². The first-order chi connectivity index (χ1) is 23.9. The fourth-order valence-electron chi connectivity index (χ4n) is 6.89. The van der Waals surface area contributed by atoms with Crippen molar-refractivity contribution >= 4 is 28.8 Å². The summed E-state index contributed by atoms with van der Waals surface area (Å²) < 4.78 is 13.3. The minimum atomic E-state index is -1.29. The lowest BCUT2D eigenvalue weighted by atomic mass is 9.91. The van der Waals surface area contributed by atoms with Crippen molar-refractivity contribution in [3.63, 3.8) is 0 Å². The highest BCUT2D eigenvalue weighted by molar-refractivity contribution is 5.84. The van der Waals surface area contributed by atoms with Gasteiger partial charge >= 0.3 is 0 Å². The summed E-state index contributed by atoms with van der Waals surface area (Å²) in [6.45, 7) is 4.03. The largest absolute Gasteiger partial charge is 0.387 e. The Kier molecular flexibility index (Phi) is 9.56. The molecule has 1 saturated heterocycles. The third kappa shape index (κ3) is 7.00. The molecule has 0 spiro atoms. The molecule has 3 aromatic heterocycles. The zero-order valence-electron chi connectivity index (χ0n) is 27.6. The third-order valence-electron chi connectivity index (χ3n) is 9.50. The lowest BCUT2D eigenvalue weighted by Crippen LogP contribution is -2.39. The number of imidazole rings is 1. The lowest BCUT2D eigenvalue weighted by Gasteiger charge is -2.29. The molecule has 5 aromatic rings. The van der Waals surface area contributed by atoms with Crippen LogP contribution in [0.15, 0.2) is 77.6 Å². The van der Waals surface area contributed by atoms with Gasteiger partial charge in [-0.05, 0) is 43.2 Å². The number of anilines is 2. The van der Waals surface area contributed by atoms with Crippen molar-refractivity contribution in [2.45, 2.75) is 88.5 Å². The van der Waals surface area contributed by atoms with E-state index in [2.05, 4.69) is 50.4 Å². The molecule has 2 fully saturated rings. The summed E-state index contributed by atoms with van der Waals surface area (Å²) in [7, 11) is 0. The second-order valence-electron chi connectivity index (χ2n) is 12.9. The van der Waals surface area contributed by atoms with Crippen molar-refractivity contribution < 1.29 is 24.3 Å². The number of ether oxygens (including phenoxy) is 1. The van der Waals surface area contributed by atoms with E-state index in [1.807, 2.05) is 43.3 Å². The van der Waals surface area contributed by atoms with Crippen molar-refractivity contribution in [1.82, 2.24) is 30.0 Å². The minimum Gasteiger partial charge on any atom is -0.387 e. The zero-order chi connectivity index (χ0) is 33.9. The summed E-state index contributed by atoms with van der Waals surface area (Å²) in [5.41, 5.74) is 3.99. The van der Waals surface area contributed by atoms with Crippen LogP contribution in [0.2, 0.25) is 0 Å². The van der Waals surface area contributed by atoms with E-state index in [9.17, 15) is 15.0 Å². The summed E-state index contributed by atoms with van der Waals surface area (Å²) in [5, 5.41) is 36.4. The van der Waals surface area contributed by atoms with Crippen LogP contribution in [0, 0.1) is 0 Å². The van der Waals surface area contributed by atoms with Gasteiger partial charge in [0.05, 0.1) is 12.0 Å². The monoisotopic (exact) mass is 666 g/mol. The fourth-order valence-corrected chi connectivity index (χ4v) is 6.89. The number of nitrogens with one attached hydrogen (secondary N) is 3. The van der Waals surface area contributed by atoms with Crippen molar-refractivity contribution in [2.75, 3.05) is 17.2 Å². The predicted molar refractivity (Wildman–Crippen MR) is 183 cm³/mol. The minimum absolute atomic E-state index is 0.0173. The molecule has 5 N–H and O–H groups in total. The van der Waals surface area contributed by atoms with Crippen LogP contribution < -0.4 is 16.0 Å². The van der Waals surface area contributed by atoms with Gasteiger partial charge in [0.1, 0.15) is 18.3 Å². The van der Waals surface area contributed by atoms with Gasteiger partial charge in [0.25, 0.3) is 0 Å². The molecule has 256 valence electrons. The summed E-state index contributed by atoms with van der Waals surface area (Å²) in [6.07, 6.45) is 1.14. The highest BCUT2D eigenvalue weighted by atomic mass is 16.6. The average Bonchev–Trinajstić information content (AvgIpc) is 3.84. The Morgan fingerprint density at radius 2 is 1.63 bits per heavy atom. The normalized spacial score (nSPS) is 23.9. The van der Waals surface area contributed by atoms with E-state index in [4.69, 9.17) is 19.2 Å². The van der Waals surface area contributed by atoms with Gasteiger partial charge in [-0.3, -0.25) is 9.36 Å². The number of carbonyl (C=O) groups is 1. The number of aliphatic hydroxyl groups is 2. The molecule has 7 rings (SSSR count). The topological polar surface area (TPSA) is 172 Å². The molecule has 49 heavy (non-hydrogen) atoms. The van der Waals surface area contributed by atoms with Crippen LogP contribution in [0.4, 0.5) is 11.8 Å². The van der Waals surface area contributed by atoms with Gasteiger partial charge in [0.15, 0.2) is 29.0 Å². The number of rotatable bonds is 11. The number of carbonyl (C=O) groups excluding carboxylic acids is 1. The van der Waals surface area contributed by atoms with E-state index in [1.165, 1.54) is 0 Å². The van der Waals surface area contributed by atoms with Crippen molar-refractivity contribution in [3.05, 3.63) is 95.6 Å². The molecule has 1 aliphatic heterocycles. The molecule has 13 nitrogen and oxygen atoms in total. The number of amides is 1. The van der Waals surface area contributed by atoms with Gasteiger partial charge in [0, 0.05) is 37.5 Å². The van der Waals surface area contributed by atoms with Crippen molar-refractivity contribution in [3.8, 4) is 0 Å². The van der Waals surface area contributed by atoms with Crippen LogP contribution in [0.1, 0.15) is 80.4 Å². The smallest absolute Gasteiger partial charge is 0.227 e. The Bertz CT molecular complexity index is 1820. The number of aliphatic hydroxyl groups excluding tert-OH is 2. The number of fused-ring (bicyclic) bond motifs is 1. The molecule has 13 heteroatoms. The molecule has 0 unspecified atom stereocenters. The van der Waals surface area contributed by atoms with Gasteiger partial charge in [-0.15, -0.1) is 0 Å². The Morgan fingerprint density at radius 3 is 2.27 bits per heavy atom. The zero-order valence-corrected chi connectivity index (χ0v) is 27.6. The van der Waals surface area contributed by atoms with Gasteiger partial charge in [-0.1, -0.05) is 72.7 Å². The standard InChI is InChI=1S/C36H42N8O5/c1-3-24-18-28(49-43-24)32-30(46)31(47)35(48-32)44-20-38-29-33(37-19-27(22-10-6-4-7-11-22)23-12-8-5-9-13-23)41-36(42-34(29)44)40-26-16-14-25(15-17-26)39-21(2)45/h4-13,18,20,25-27,30-32,35,46-47H,3,14-17,19H2,1-2H3,(H,39,45)(H2,37,40,41,42)/t25?,26?,30-,31+,32+,35+/m0/s1. The molecular formula is C36H42N8O5. The van der Waals surface area contributed by atoms with Gasteiger partial charge in [-0.2, -0.15) is 9.97 Å². The SMILES string of the molecule is CCc1cc([C@H]2O[C@@H](n3cnc4c(NCC(c5ccccc5)c5ccccc5)nc(NC5CCC(NC(C)=O)CC5)nc43)[C@H](O)[C@@H]2O)on1. The van der Waals surface area contributed by atoms with E-state index in [0.717, 1.165) is 42.5 Å². The van der Waals surface area contributed by atoms with Crippen molar-refractivity contribution in [1.29, 1.82) is 0 Å². The number of aryl methyl sites for hydroxylation is 1. The number of nitrogens with zero attached hydrogens (tertiary/aromatic N) is 5. The molecule has 1 amide bonds. The molecule has 2 aliphatic rings. The first-order valence-electron chi connectivity index (χ1n) is 17.0. The lowest BCUT2D eigenvalue weighted by molar-refractivity contribution is -0.119. The maximum absolute atomic E-state index is 11.6. The molecular weight excluding hydrogens is 624 g/mol. The van der Waals surface area contributed by atoms with E-state index in [-0.39, 0.29) is 23.9 Å². The Morgan fingerprint density at radius 1 is 0.959 bits per heavy atom. The molecule has 1 saturated carbocycles. The van der Waals surface area contributed by atoms with Gasteiger partial charge in [0.2, 0.25) is 11.9 Å². The second-order valence-corrected chi connectivity index (χ2v) is 12.9. The molecule has 0 radical (unpaired) electrons. The van der Waals surface area contributed by atoms with Crippen LogP contribution >= 0.6 is 0 Å². The number of hydrogen-bond donors (Lipinski definition) is 5. The average molecular weight is 667 g/mol. The summed E-state index contributed by atoms with van der Waals surface area (Å²) in [6, 6.07) is 22.6. The molecule has 4 atom stereocenters. The van der Waals surface area contributed by atoms with Crippen LogP contribution in [-0.2, 0) is 16.0 Å². The first kappa shape index (κ1) is 32.7. The van der Waals surface area contributed by atoms with E-state index >= 15 is 0 Å². The van der Waals surface area contributed by atoms with Gasteiger partial charge in [-0.25, -0.2) is 4.98 Å². The Labute approximate surface area is 284 Å². The Balaban J connectivity index is 1.20. The highest BCUT2D eigenvalue weighted by Crippen LogP contribution is 2.40. The predicted octanol–water partition coefficient (Wildman–Crippen LogP) is 4.47. The molecule has 4 heterocycles. The maximum atomic E-state index is 11.6. The van der Waals surface area contributed by atoms with Crippen LogP contribution in [0.5, 0.6) is 0 Å². The summed E-state index contributed by atoms with van der Waals surface area (Å²) in [5.74, 6) is 1.29. The molecule has 2 aromatic carbocycles. The van der Waals surface area contributed by atoms with Crippen LogP contribution in [0.25, 0.3) is 11.2 Å². The van der Waals surface area contributed by atoms with Gasteiger partial charge < -0.3 is 35.4 Å². The van der Waals surface area contributed by atoms with Crippen molar-refractivity contribution in [2.24, 2.45) is 0 Å². The first-order valence-corrected chi connectivity index (χ1v) is 17.0. The van der Waals surface area contributed by atoms with E-state index in [0.29, 0.717) is 41.7 Å². The summed E-state index contributed by atoms with van der Waals surface area (Å²) in [4.78, 5) is 26.1. The summed E-state index contributed by atoms with van der Waals surface area (Å²) >= 11 is 0. The van der Waals surface area contributed by atoms with Crippen LogP contribution in [0.3, 0.4) is 0 Å². The number of hydrogen-bond acceptors (Lipinski definition) is 11. The molecule has 0 bridgehead atoms. The maximum Gasteiger partial charge on any atom is 0.227 e. The fraction of sp³-hybridized carbons (Fsp3) is 0.417. The Hall–Kier alpha value is -4.85. The molecule has 1 aliphatic carbocycles. The van der Waals surface area contributed by atoms with E-state index < -0.39 is 24.5 Å². The van der Waals surface area contributed by atoms with Crippen LogP contribution in [-0.4, -0.2) is 71.6 Å². The third-order valence-corrected chi connectivity index (χ3v) is 9.50. The number of aromatic nitrogens is 5. The quantitative estimate of drug-likeness (QED) is 0.135. The highest BCUT2D eigenvalue weighted by Gasteiger charge is 2.47. The second kappa shape index (κ2) is 14.3. The number of benzene rings is 2.